The average Bonchev–Trinajstić information content (AvgIpc) is 2.33. The minimum Gasteiger partial charge on any atom is -0.485 e. The standard InChI is InChI=1S/C10H11F2NO5/c1-16-10(17-2)5-18-9-4-6(11)8(13(14)15)3-7(9)12/h3-4,10H,5H2,1-2H3. The van der Waals surface area contributed by atoms with E-state index in [1.807, 2.05) is 0 Å². The summed E-state index contributed by atoms with van der Waals surface area (Å²) in [5.74, 6) is -2.66. The van der Waals surface area contributed by atoms with E-state index in [9.17, 15) is 18.9 Å². The molecule has 0 heterocycles. The summed E-state index contributed by atoms with van der Waals surface area (Å²) >= 11 is 0. The van der Waals surface area contributed by atoms with E-state index in [4.69, 9.17) is 14.2 Å². The first-order chi connectivity index (χ1) is 8.49. The zero-order chi connectivity index (χ0) is 13.7. The second-order valence-corrected chi connectivity index (χ2v) is 3.20. The molecule has 0 unspecified atom stereocenters. The van der Waals surface area contributed by atoms with E-state index >= 15 is 0 Å². The second-order valence-electron chi connectivity index (χ2n) is 3.20. The zero-order valence-corrected chi connectivity index (χ0v) is 9.68. The first kappa shape index (κ1) is 14.3. The Morgan fingerprint density at radius 1 is 1.28 bits per heavy atom. The molecule has 0 atom stereocenters. The van der Waals surface area contributed by atoms with Gasteiger partial charge in [0.25, 0.3) is 0 Å². The van der Waals surface area contributed by atoms with Crippen molar-refractivity contribution in [2.75, 3.05) is 20.8 Å². The van der Waals surface area contributed by atoms with E-state index in [0.29, 0.717) is 12.1 Å². The van der Waals surface area contributed by atoms with Crippen LogP contribution in [0.5, 0.6) is 5.75 Å². The third kappa shape index (κ3) is 3.34. The minimum atomic E-state index is -1.18. The fourth-order valence-corrected chi connectivity index (χ4v) is 1.16. The molecular weight excluding hydrogens is 252 g/mol. The average molecular weight is 263 g/mol. The van der Waals surface area contributed by atoms with Gasteiger partial charge in [0.15, 0.2) is 17.9 Å². The maximum atomic E-state index is 13.4. The molecule has 6 nitrogen and oxygen atoms in total. The molecule has 1 aromatic rings. The molecule has 0 radical (unpaired) electrons. The summed E-state index contributed by atoms with van der Waals surface area (Å²) in [6.45, 7) is -0.179. The minimum absolute atomic E-state index is 0.179. The van der Waals surface area contributed by atoms with Crippen molar-refractivity contribution < 1.29 is 27.9 Å². The maximum absolute atomic E-state index is 13.4. The molecule has 0 saturated heterocycles. The molecule has 0 aliphatic heterocycles. The van der Waals surface area contributed by atoms with Gasteiger partial charge in [0.2, 0.25) is 5.82 Å². The van der Waals surface area contributed by atoms with Crippen LogP contribution in [-0.2, 0) is 9.47 Å². The van der Waals surface area contributed by atoms with Gasteiger partial charge in [-0.3, -0.25) is 10.1 Å². The van der Waals surface area contributed by atoms with Gasteiger partial charge in [0, 0.05) is 20.3 Å². The van der Waals surface area contributed by atoms with Crippen LogP contribution in [0.25, 0.3) is 0 Å². The highest BCUT2D eigenvalue weighted by Gasteiger charge is 2.20. The van der Waals surface area contributed by atoms with E-state index in [1.165, 1.54) is 14.2 Å². The molecule has 1 aromatic carbocycles. The number of hydrogen-bond donors (Lipinski definition) is 0. The normalized spacial score (nSPS) is 10.7. The molecule has 0 N–H and O–H groups in total. The van der Waals surface area contributed by atoms with Crippen molar-refractivity contribution >= 4 is 5.69 Å². The molecule has 0 spiro atoms. The maximum Gasteiger partial charge on any atom is 0.307 e. The van der Waals surface area contributed by atoms with Gasteiger partial charge >= 0.3 is 5.69 Å². The molecule has 0 aromatic heterocycles. The molecule has 1 rings (SSSR count). The topological polar surface area (TPSA) is 70.8 Å². The van der Waals surface area contributed by atoms with Gasteiger partial charge in [-0.15, -0.1) is 0 Å². The lowest BCUT2D eigenvalue weighted by Gasteiger charge is -2.14. The molecule has 0 bridgehead atoms. The molecule has 0 aliphatic carbocycles. The van der Waals surface area contributed by atoms with Crippen LogP contribution in [0.3, 0.4) is 0 Å². The Hall–Kier alpha value is -1.80. The summed E-state index contributed by atoms with van der Waals surface area (Å²) in [4.78, 5) is 9.34. The molecule has 0 saturated carbocycles. The highest BCUT2D eigenvalue weighted by Crippen LogP contribution is 2.26. The van der Waals surface area contributed by atoms with E-state index < -0.39 is 34.3 Å². The number of methoxy groups -OCH3 is 2. The van der Waals surface area contributed by atoms with Crippen molar-refractivity contribution in [3.8, 4) is 5.75 Å². The van der Waals surface area contributed by atoms with Crippen molar-refractivity contribution in [2.45, 2.75) is 6.29 Å². The van der Waals surface area contributed by atoms with Gasteiger partial charge in [-0.25, -0.2) is 4.39 Å². The van der Waals surface area contributed by atoms with Crippen molar-refractivity contribution in [1.29, 1.82) is 0 Å². The third-order valence-electron chi connectivity index (χ3n) is 2.10. The van der Waals surface area contributed by atoms with Crippen LogP contribution >= 0.6 is 0 Å². The van der Waals surface area contributed by atoms with Crippen LogP contribution in [0, 0.1) is 21.7 Å². The Balaban J connectivity index is 2.85. The number of nitro benzene ring substituents is 1. The molecule has 0 aliphatic rings. The van der Waals surface area contributed by atoms with Gasteiger partial charge in [0.1, 0.15) is 6.61 Å². The highest BCUT2D eigenvalue weighted by atomic mass is 19.1. The predicted octanol–water partition coefficient (Wildman–Crippen LogP) is 1.87. The Labute approximate surface area is 101 Å². The van der Waals surface area contributed by atoms with Gasteiger partial charge < -0.3 is 14.2 Å². The third-order valence-corrected chi connectivity index (χ3v) is 2.10. The number of nitro groups is 1. The lowest BCUT2D eigenvalue weighted by molar-refractivity contribution is -0.387. The van der Waals surface area contributed by atoms with E-state index in [-0.39, 0.29) is 6.61 Å². The highest BCUT2D eigenvalue weighted by molar-refractivity contribution is 5.39. The number of rotatable bonds is 6. The van der Waals surface area contributed by atoms with E-state index in [1.54, 1.807) is 0 Å². The number of hydrogen-bond acceptors (Lipinski definition) is 5. The van der Waals surface area contributed by atoms with Crippen molar-refractivity contribution in [3.63, 3.8) is 0 Å². The van der Waals surface area contributed by atoms with Gasteiger partial charge in [-0.05, 0) is 0 Å². The monoisotopic (exact) mass is 263 g/mol. The number of halogens is 2. The van der Waals surface area contributed by atoms with Crippen LogP contribution in [0.15, 0.2) is 12.1 Å². The number of nitrogens with zero attached hydrogens (tertiary/aromatic N) is 1. The van der Waals surface area contributed by atoms with Gasteiger partial charge in [-0.2, -0.15) is 4.39 Å². The Bertz CT molecular complexity index is 437. The number of ether oxygens (including phenoxy) is 3. The van der Waals surface area contributed by atoms with Gasteiger partial charge in [-0.1, -0.05) is 0 Å². The molecular formula is C10H11F2NO5. The fraction of sp³-hybridized carbons (Fsp3) is 0.400. The molecule has 0 amide bonds. The summed E-state index contributed by atoms with van der Waals surface area (Å²) < 4.78 is 41.1. The molecule has 8 heteroatoms. The molecule has 18 heavy (non-hydrogen) atoms. The smallest absolute Gasteiger partial charge is 0.307 e. The van der Waals surface area contributed by atoms with E-state index in [0.717, 1.165) is 0 Å². The second kappa shape index (κ2) is 6.22. The first-order valence-electron chi connectivity index (χ1n) is 4.81. The summed E-state index contributed by atoms with van der Waals surface area (Å²) in [6, 6.07) is 1.06. The van der Waals surface area contributed by atoms with Crippen LogP contribution in [-0.4, -0.2) is 32.0 Å². The molecule has 0 fully saturated rings. The largest absolute Gasteiger partial charge is 0.485 e. The Morgan fingerprint density at radius 3 is 2.39 bits per heavy atom. The Morgan fingerprint density at radius 2 is 1.89 bits per heavy atom. The van der Waals surface area contributed by atoms with Crippen LogP contribution in [0.2, 0.25) is 0 Å². The predicted molar refractivity (Wildman–Crippen MR) is 56.3 cm³/mol. The van der Waals surface area contributed by atoms with Crippen LogP contribution in [0.1, 0.15) is 0 Å². The summed E-state index contributed by atoms with van der Waals surface area (Å²) in [6.07, 6.45) is -0.748. The quantitative estimate of drug-likeness (QED) is 0.445. The summed E-state index contributed by atoms with van der Waals surface area (Å²) in [5.41, 5.74) is -0.949. The van der Waals surface area contributed by atoms with Crippen LogP contribution < -0.4 is 4.74 Å². The van der Waals surface area contributed by atoms with Crippen molar-refractivity contribution in [2.24, 2.45) is 0 Å². The first-order valence-corrected chi connectivity index (χ1v) is 4.81. The SMILES string of the molecule is COC(COc1cc(F)c([N+](=O)[O-])cc1F)OC. The number of benzene rings is 1. The van der Waals surface area contributed by atoms with E-state index in [2.05, 4.69) is 0 Å². The van der Waals surface area contributed by atoms with Crippen LogP contribution in [0.4, 0.5) is 14.5 Å². The lowest BCUT2D eigenvalue weighted by Crippen LogP contribution is -2.22. The van der Waals surface area contributed by atoms with Crippen molar-refractivity contribution in [3.05, 3.63) is 33.9 Å². The summed E-state index contributed by atoms with van der Waals surface area (Å²) in [7, 11) is 2.70. The zero-order valence-electron chi connectivity index (χ0n) is 9.68. The fourth-order valence-electron chi connectivity index (χ4n) is 1.16. The Kier molecular flexibility index (Phi) is 4.93. The van der Waals surface area contributed by atoms with Gasteiger partial charge in [0.05, 0.1) is 11.0 Å². The lowest BCUT2D eigenvalue weighted by atomic mass is 10.3. The summed E-state index contributed by atoms with van der Waals surface area (Å²) in [5, 5.41) is 10.4. The molecule has 100 valence electrons. The van der Waals surface area contributed by atoms with Crippen molar-refractivity contribution in [1.82, 2.24) is 0 Å².